The predicted molar refractivity (Wildman–Crippen MR) is 91.4 cm³/mol. The smallest absolute Gasteiger partial charge is 0.0412 e. The van der Waals surface area contributed by atoms with Crippen molar-refractivity contribution < 1.29 is 0 Å². The molecule has 1 saturated carbocycles. The zero-order valence-electron chi connectivity index (χ0n) is 13.0. The summed E-state index contributed by atoms with van der Waals surface area (Å²) in [7, 11) is 2.26. The lowest BCUT2D eigenvalue weighted by atomic mass is 9.94. The summed E-state index contributed by atoms with van der Waals surface area (Å²) in [6, 6.07) is 7.90. The number of rotatable bonds is 5. The molecule has 0 aliphatic heterocycles. The molecule has 1 aliphatic carbocycles. The molecule has 0 amide bonds. The Morgan fingerprint density at radius 2 is 1.95 bits per heavy atom. The highest BCUT2D eigenvalue weighted by Gasteiger charge is 2.20. The van der Waals surface area contributed by atoms with Crippen LogP contribution in [-0.4, -0.2) is 19.1 Å². The van der Waals surface area contributed by atoms with E-state index in [1.807, 2.05) is 0 Å². The Bertz CT molecular complexity index is 425. The van der Waals surface area contributed by atoms with Crippen LogP contribution in [0, 0.1) is 0 Å². The fourth-order valence-corrected chi connectivity index (χ4v) is 3.43. The lowest BCUT2D eigenvalue weighted by molar-refractivity contribution is 0.427. The predicted octanol–water partition coefficient (Wildman–Crippen LogP) is 4.72. The van der Waals surface area contributed by atoms with Crippen molar-refractivity contribution in [2.24, 2.45) is 0 Å². The molecule has 0 spiro atoms. The van der Waals surface area contributed by atoms with Gasteiger partial charge in [-0.25, -0.2) is 0 Å². The number of halogens is 1. The van der Waals surface area contributed by atoms with Gasteiger partial charge in [-0.2, -0.15) is 0 Å². The molecule has 20 heavy (non-hydrogen) atoms. The van der Waals surface area contributed by atoms with Gasteiger partial charge in [0.15, 0.2) is 0 Å². The summed E-state index contributed by atoms with van der Waals surface area (Å²) in [6.07, 6.45) is 6.84. The maximum absolute atomic E-state index is 3.60. The molecule has 1 N–H and O–H groups in total. The fraction of sp³-hybridized carbons (Fsp3) is 0.647. The molecule has 0 aromatic heterocycles. The van der Waals surface area contributed by atoms with Gasteiger partial charge in [-0.1, -0.05) is 49.0 Å². The van der Waals surface area contributed by atoms with Crippen LogP contribution in [0.15, 0.2) is 22.7 Å². The molecule has 0 saturated heterocycles. The van der Waals surface area contributed by atoms with Crippen molar-refractivity contribution in [3.8, 4) is 0 Å². The van der Waals surface area contributed by atoms with E-state index in [-0.39, 0.29) is 0 Å². The quantitative estimate of drug-likeness (QED) is 0.835. The van der Waals surface area contributed by atoms with Gasteiger partial charge in [0.2, 0.25) is 0 Å². The van der Waals surface area contributed by atoms with Gasteiger partial charge in [-0.05, 0) is 36.6 Å². The summed E-state index contributed by atoms with van der Waals surface area (Å²) in [5.41, 5.74) is 2.77. The molecule has 1 aliphatic rings. The van der Waals surface area contributed by atoms with Gasteiger partial charge < -0.3 is 10.2 Å². The lowest BCUT2D eigenvalue weighted by Gasteiger charge is -2.34. The molecule has 3 heteroatoms. The summed E-state index contributed by atoms with van der Waals surface area (Å²) in [4.78, 5) is 2.50. The Balaban J connectivity index is 2.15. The minimum absolute atomic E-state index is 0.516. The molecule has 2 rings (SSSR count). The highest BCUT2D eigenvalue weighted by atomic mass is 79.9. The van der Waals surface area contributed by atoms with Crippen LogP contribution in [-0.2, 0) is 6.54 Å². The largest absolute Gasteiger partial charge is 0.371 e. The van der Waals surface area contributed by atoms with Crippen molar-refractivity contribution in [2.75, 3.05) is 11.9 Å². The Labute approximate surface area is 132 Å². The fourth-order valence-electron chi connectivity index (χ4n) is 3.02. The van der Waals surface area contributed by atoms with E-state index >= 15 is 0 Å². The molecular formula is C17H27BrN2. The molecule has 0 heterocycles. The van der Waals surface area contributed by atoms with Gasteiger partial charge in [-0.15, -0.1) is 0 Å². The second-order valence-electron chi connectivity index (χ2n) is 6.21. The molecule has 2 nitrogen and oxygen atoms in total. The molecule has 0 unspecified atom stereocenters. The van der Waals surface area contributed by atoms with Crippen molar-refractivity contribution in [1.82, 2.24) is 5.32 Å². The Morgan fingerprint density at radius 1 is 1.25 bits per heavy atom. The molecule has 0 bridgehead atoms. The molecule has 112 valence electrons. The van der Waals surface area contributed by atoms with Gasteiger partial charge in [0.25, 0.3) is 0 Å². The standard InChI is InChI=1S/C17H27BrN2/c1-13(2)19-12-14-11-15(18)9-10-17(14)20(3)16-7-5-4-6-8-16/h9-11,13,16,19H,4-8,12H2,1-3H3. The number of anilines is 1. The summed E-state index contributed by atoms with van der Waals surface area (Å²) < 4.78 is 1.17. The first kappa shape index (κ1) is 15.8. The monoisotopic (exact) mass is 338 g/mol. The number of benzene rings is 1. The van der Waals surface area contributed by atoms with Crippen molar-refractivity contribution in [2.45, 2.75) is 64.6 Å². The molecular weight excluding hydrogens is 312 g/mol. The number of nitrogens with zero attached hydrogens (tertiary/aromatic N) is 1. The highest BCUT2D eigenvalue weighted by molar-refractivity contribution is 9.10. The Kier molecular flexibility index (Phi) is 5.91. The highest BCUT2D eigenvalue weighted by Crippen LogP contribution is 2.30. The maximum Gasteiger partial charge on any atom is 0.0412 e. The summed E-state index contributed by atoms with van der Waals surface area (Å²) in [5, 5.41) is 3.54. The van der Waals surface area contributed by atoms with Crippen molar-refractivity contribution >= 4 is 21.6 Å². The van der Waals surface area contributed by atoms with Crippen LogP contribution < -0.4 is 10.2 Å². The minimum Gasteiger partial charge on any atom is -0.371 e. The lowest BCUT2D eigenvalue weighted by Crippen LogP contribution is -2.34. The third-order valence-electron chi connectivity index (χ3n) is 4.24. The first-order valence-corrected chi connectivity index (χ1v) is 8.62. The van der Waals surface area contributed by atoms with E-state index in [4.69, 9.17) is 0 Å². The second kappa shape index (κ2) is 7.46. The van der Waals surface area contributed by atoms with Crippen LogP contribution in [0.25, 0.3) is 0 Å². The van der Waals surface area contributed by atoms with Crippen molar-refractivity contribution in [3.05, 3.63) is 28.2 Å². The minimum atomic E-state index is 0.516. The third kappa shape index (κ3) is 4.23. The summed E-state index contributed by atoms with van der Waals surface area (Å²) in [5.74, 6) is 0. The van der Waals surface area contributed by atoms with E-state index in [0.29, 0.717) is 12.1 Å². The Morgan fingerprint density at radius 3 is 2.60 bits per heavy atom. The molecule has 1 aromatic rings. The number of hydrogen-bond acceptors (Lipinski definition) is 2. The zero-order chi connectivity index (χ0) is 14.5. The van der Waals surface area contributed by atoms with Gasteiger partial charge in [0.05, 0.1) is 0 Å². The van der Waals surface area contributed by atoms with Crippen LogP contribution in [0.4, 0.5) is 5.69 Å². The normalized spacial score (nSPS) is 16.6. The number of nitrogens with one attached hydrogen (secondary N) is 1. The van der Waals surface area contributed by atoms with Crippen molar-refractivity contribution in [3.63, 3.8) is 0 Å². The van der Waals surface area contributed by atoms with Crippen LogP contribution >= 0.6 is 15.9 Å². The first-order valence-electron chi connectivity index (χ1n) is 7.82. The van der Waals surface area contributed by atoms with Gasteiger partial charge in [0, 0.05) is 35.8 Å². The first-order chi connectivity index (χ1) is 9.58. The van der Waals surface area contributed by atoms with Gasteiger partial charge >= 0.3 is 0 Å². The molecule has 0 radical (unpaired) electrons. The summed E-state index contributed by atoms with van der Waals surface area (Å²) >= 11 is 3.60. The third-order valence-corrected chi connectivity index (χ3v) is 4.74. The Hall–Kier alpha value is -0.540. The number of hydrogen-bond donors (Lipinski definition) is 1. The average molecular weight is 339 g/mol. The van der Waals surface area contributed by atoms with Crippen LogP contribution in [0.2, 0.25) is 0 Å². The van der Waals surface area contributed by atoms with E-state index in [1.165, 1.54) is 47.8 Å². The zero-order valence-corrected chi connectivity index (χ0v) is 14.5. The van der Waals surface area contributed by atoms with E-state index in [2.05, 4.69) is 65.2 Å². The second-order valence-corrected chi connectivity index (χ2v) is 7.13. The maximum atomic E-state index is 3.60. The van der Waals surface area contributed by atoms with Gasteiger partial charge in [0.1, 0.15) is 0 Å². The average Bonchev–Trinajstić information content (AvgIpc) is 2.45. The summed E-state index contributed by atoms with van der Waals surface area (Å²) in [6.45, 7) is 5.33. The van der Waals surface area contributed by atoms with E-state index < -0.39 is 0 Å². The molecule has 1 aromatic carbocycles. The topological polar surface area (TPSA) is 15.3 Å². The van der Waals surface area contributed by atoms with E-state index in [0.717, 1.165) is 6.54 Å². The van der Waals surface area contributed by atoms with E-state index in [1.54, 1.807) is 0 Å². The van der Waals surface area contributed by atoms with Gasteiger partial charge in [-0.3, -0.25) is 0 Å². The van der Waals surface area contributed by atoms with Crippen LogP contribution in [0.5, 0.6) is 0 Å². The van der Waals surface area contributed by atoms with E-state index in [9.17, 15) is 0 Å². The molecule has 1 fully saturated rings. The van der Waals surface area contributed by atoms with Crippen LogP contribution in [0.3, 0.4) is 0 Å². The van der Waals surface area contributed by atoms with Crippen LogP contribution in [0.1, 0.15) is 51.5 Å². The SMILES string of the molecule is CC(C)NCc1cc(Br)ccc1N(C)C1CCCCC1. The molecule has 0 atom stereocenters. The van der Waals surface area contributed by atoms with Crippen molar-refractivity contribution in [1.29, 1.82) is 0 Å².